The number of amides is 1. The van der Waals surface area contributed by atoms with E-state index in [9.17, 15) is 32.0 Å². The number of pyridine rings is 1. The first-order valence-electron chi connectivity index (χ1n) is 10.3. The second-order valence-electron chi connectivity index (χ2n) is 7.52. The molecule has 0 saturated carbocycles. The normalized spacial score (nSPS) is 13.5. The quantitative estimate of drug-likeness (QED) is 0.533. The van der Waals surface area contributed by atoms with Gasteiger partial charge in [0.05, 0.1) is 41.0 Å². The molecule has 2 aromatic rings. The summed E-state index contributed by atoms with van der Waals surface area (Å²) in [5.74, 6) is -3.39. The van der Waals surface area contributed by atoms with E-state index in [1.165, 1.54) is 24.0 Å². The van der Waals surface area contributed by atoms with Gasteiger partial charge in [-0.25, -0.2) is 27.0 Å². The van der Waals surface area contributed by atoms with Crippen molar-refractivity contribution in [1.29, 1.82) is 10.5 Å². The number of nitriles is 2. The van der Waals surface area contributed by atoms with Crippen LogP contribution < -0.4 is 9.62 Å². The fourth-order valence-corrected chi connectivity index (χ4v) is 4.64. The van der Waals surface area contributed by atoms with E-state index in [1.807, 2.05) is 10.8 Å². The van der Waals surface area contributed by atoms with E-state index in [0.29, 0.717) is 0 Å². The van der Waals surface area contributed by atoms with Crippen LogP contribution in [-0.2, 0) is 25.3 Å². The predicted octanol–water partition coefficient (Wildman–Crippen LogP) is 2.02. The van der Waals surface area contributed by atoms with Crippen LogP contribution in [-0.4, -0.2) is 45.0 Å². The lowest BCUT2D eigenvalue weighted by Gasteiger charge is -2.39. The smallest absolute Gasteiger partial charge is 0.340 e. The number of nitrogens with one attached hydrogen (secondary N) is 1. The third-order valence-corrected chi connectivity index (χ3v) is 6.35. The van der Waals surface area contributed by atoms with Gasteiger partial charge in [-0.05, 0) is 24.6 Å². The molecule has 2 heterocycles. The zero-order valence-electron chi connectivity index (χ0n) is 18.4. The van der Waals surface area contributed by atoms with Crippen molar-refractivity contribution in [3.63, 3.8) is 0 Å². The molecule has 35 heavy (non-hydrogen) atoms. The predicted molar refractivity (Wildman–Crippen MR) is 117 cm³/mol. The molecule has 0 unspecified atom stereocenters. The molecule has 10 nitrogen and oxygen atoms in total. The Bertz CT molecular complexity index is 1340. The molecule has 1 N–H and O–H groups in total. The SMILES string of the molecule is CCOC(=O)c1cc(C#N)c(N2CC(C(=O)NS(=O)(=O)Cc3ccccc3C#N)C2)nc1C(F)F. The number of ether oxygens (including phenoxy) is 1. The fourth-order valence-electron chi connectivity index (χ4n) is 3.43. The standard InChI is InChI=1S/C22H19F2N5O5S/c1-2-34-22(31)17-7-15(9-26)20(27-18(17)19(23)24)29-10-16(11-29)21(30)28-35(32,33)12-14-6-4-3-5-13(14)8-25/h3-7,16,19H,2,10-12H2,1H3,(H,28,30). The second-order valence-corrected chi connectivity index (χ2v) is 9.24. The molecule has 0 bridgehead atoms. The number of hydrogen-bond donors (Lipinski definition) is 1. The molecule has 1 saturated heterocycles. The number of aromatic nitrogens is 1. The van der Waals surface area contributed by atoms with E-state index in [0.717, 1.165) is 6.07 Å². The van der Waals surface area contributed by atoms with E-state index >= 15 is 0 Å². The van der Waals surface area contributed by atoms with E-state index < -0.39 is 51.3 Å². The number of carbonyl (C=O) groups is 2. The third-order valence-electron chi connectivity index (χ3n) is 5.15. The summed E-state index contributed by atoms with van der Waals surface area (Å²) in [5, 5.41) is 18.5. The number of hydrogen-bond acceptors (Lipinski definition) is 9. The van der Waals surface area contributed by atoms with Gasteiger partial charge in [0.1, 0.15) is 17.6 Å². The van der Waals surface area contributed by atoms with Crippen LogP contribution in [0.3, 0.4) is 0 Å². The molecule has 1 fully saturated rings. The lowest BCUT2D eigenvalue weighted by Crippen LogP contribution is -2.55. The summed E-state index contributed by atoms with van der Waals surface area (Å²) in [7, 11) is -4.11. The molecule has 13 heteroatoms. The van der Waals surface area contributed by atoms with Gasteiger partial charge in [-0.2, -0.15) is 10.5 Å². The highest BCUT2D eigenvalue weighted by Crippen LogP contribution is 2.31. The summed E-state index contributed by atoms with van der Waals surface area (Å²) in [6, 6.07) is 10.7. The first-order valence-corrected chi connectivity index (χ1v) is 11.9. The molecule has 1 aromatic carbocycles. The maximum Gasteiger partial charge on any atom is 0.340 e. The molecule has 1 amide bonds. The van der Waals surface area contributed by atoms with Crippen molar-refractivity contribution in [2.75, 3.05) is 24.6 Å². The summed E-state index contributed by atoms with van der Waals surface area (Å²) in [6.07, 6.45) is -3.12. The van der Waals surface area contributed by atoms with Crippen LogP contribution in [0.1, 0.15) is 46.1 Å². The third kappa shape index (κ3) is 5.70. The van der Waals surface area contributed by atoms with Crippen molar-refractivity contribution >= 4 is 27.7 Å². The van der Waals surface area contributed by atoms with Gasteiger partial charge in [0.15, 0.2) is 0 Å². The molecule has 1 aliphatic heterocycles. The Morgan fingerprint density at radius 1 is 1.23 bits per heavy atom. The van der Waals surface area contributed by atoms with Crippen molar-refractivity contribution in [2.45, 2.75) is 19.1 Å². The molecule has 0 atom stereocenters. The van der Waals surface area contributed by atoms with Crippen molar-refractivity contribution in [2.24, 2.45) is 5.92 Å². The Hall–Kier alpha value is -4.10. The van der Waals surface area contributed by atoms with Crippen LogP contribution >= 0.6 is 0 Å². The molecule has 1 aliphatic rings. The molecule has 0 spiro atoms. The summed E-state index contributed by atoms with van der Waals surface area (Å²) < 4.78 is 58.6. The molecule has 0 radical (unpaired) electrons. The lowest BCUT2D eigenvalue weighted by atomic mass is 9.98. The number of halogens is 2. The van der Waals surface area contributed by atoms with Crippen LogP contribution in [0.15, 0.2) is 30.3 Å². The van der Waals surface area contributed by atoms with Gasteiger partial charge in [-0.15, -0.1) is 0 Å². The van der Waals surface area contributed by atoms with Crippen molar-refractivity contribution in [3.8, 4) is 12.1 Å². The van der Waals surface area contributed by atoms with Crippen molar-refractivity contribution in [3.05, 3.63) is 58.3 Å². The van der Waals surface area contributed by atoms with E-state index in [4.69, 9.17) is 10.00 Å². The maximum absolute atomic E-state index is 13.5. The van der Waals surface area contributed by atoms with Gasteiger partial charge < -0.3 is 9.64 Å². The molecular weight excluding hydrogens is 484 g/mol. The van der Waals surface area contributed by atoms with E-state index in [-0.39, 0.29) is 42.2 Å². The molecule has 0 aliphatic carbocycles. The minimum absolute atomic E-state index is 0.0565. The fraction of sp³-hybridized carbons (Fsp3) is 0.318. The number of anilines is 1. The second kappa shape index (κ2) is 10.4. The topological polar surface area (TPSA) is 153 Å². The number of esters is 1. The zero-order chi connectivity index (χ0) is 25.8. The zero-order valence-corrected chi connectivity index (χ0v) is 19.2. The monoisotopic (exact) mass is 503 g/mol. The summed E-state index contributed by atoms with van der Waals surface area (Å²) >= 11 is 0. The maximum atomic E-state index is 13.5. The van der Waals surface area contributed by atoms with E-state index in [2.05, 4.69) is 4.98 Å². The average Bonchev–Trinajstić information content (AvgIpc) is 2.77. The molecule has 1 aromatic heterocycles. The van der Waals surface area contributed by atoms with Crippen molar-refractivity contribution < 1.29 is 31.5 Å². The Morgan fingerprint density at radius 3 is 2.49 bits per heavy atom. The Balaban J connectivity index is 1.73. The molecule has 182 valence electrons. The number of alkyl halides is 2. The van der Waals surface area contributed by atoms with Crippen LogP contribution in [0.25, 0.3) is 0 Å². The van der Waals surface area contributed by atoms with Gasteiger partial charge in [0.25, 0.3) is 6.43 Å². The number of benzene rings is 1. The lowest BCUT2D eigenvalue weighted by molar-refractivity contribution is -0.123. The minimum atomic E-state index is -4.11. The van der Waals surface area contributed by atoms with Gasteiger partial charge >= 0.3 is 5.97 Å². The van der Waals surface area contributed by atoms with Gasteiger partial charge in [0.2, 0.25) is 15.9 Å². The molecular formula is C22H19F2N5O5S. The van der Waals surface area contributed by atoms with Crippen LogP contribution in [0.2, 0.25) is 0 Å². The van der Waals surface area contributed by atoms with Crippen LogP contribution in [0, 0.1) is 28.6 Å². The van der Waals surface area contributed by atoms with E-state index in [1.54, 1.807) is 18.2 Å². The Morgan fingerprint density at radius 2 is 1.89 bits per heavy atom. The Kier molecular flexibility index (Phi) is 7.62. The Labute approximate surface area is 199 Å². The first-order chi connectivity index (χ1) is 16.6. The summed E-state index contributed by atoms with van der Waals surface area (Å²) in [4.78, 5) is 29.6. The first kappa shape index (κ1) is 25.5. The number of nitrogens with zero attached hydrogens (tertiary/aromatic N) is 4. The number of sulfonamides is 1. The summed E-state index contributed by atoms with van der Waals surface area (Å²) in [6.45, 7) is 1.28. The average molecular weight is 503 g/mol. The largest absolute Gasteiger partial charge is 0.462 e. The van der Waals surface area contributed by atoms with Crippen LogP contribution in [0.5, 0.6) is 0 Å². The minimum Gasteiger partial charge on any atom is -0.462 e. The number of carbonyl (C=O) groups excluding carboxylic acids is 2. The summed E-state index contributed by atoms with van der Waals surface area (Å²) in [5.41, 5.74) is -1.16. The van der Waals surface area contributed by atoms with Gasteiger partial charge in [-0.1, -0.05) is 18.2 Å². The van der Waals surface area contributed by atoms with Gasteiger partial charge in [0, 0.05) is 13.1 Å². The van der Waals surface area contributed by atoms with Crippen molar-refractivity contribution in [1.82, 2.24) is 9.71 Å². The van der Waals surface area contributed by atoms with Gasteiger partial charge in [-0.3, -0.25) is 9.52 Å². The highest BCUT2D eigenvalue weighted by molar-refractivity contribution is 7.89. The highest BCUT2D eigenvalue weighted by Gasteiger charge is 2.37. The number of rotatable bonds is 8. The molecule has 3 rings (SSSR count). The van der Waals surface area contributed by atoms with Crippen LogP contribution in [0.4, 0.5) is 14.6 Å². The highest BCUT2D eigenvalue weighted by atomic mass is 32.2.